The van der Waals surface area contributed by atoms with E-state index < -0.39 is 11.8 Å². The Morgan fingerprint density at radius 3 is 2.55 bits per heavy atom. The predicted molar refractivity (Wildman–Crippen MR) is 115 cm³/mol. The van der Waals surface area contributed by atoms with Crippen molar-refractivity contribution < 1.29 is 9.84 Å². The second-order valence-corrected chi connectivity index (χ2v) is 7.05. The topological polar surface area (TPSA) is 60.2 Å². The summed E-state index contributed by atoms with van der Waals surface area (Å²) in [6.07, 6.45) is 4.32. The van der Waals surface area contributed by atoms with Crippen LogP contribution in [-0.4, -0.2) is 26.7 Å². The number of aliphatic hydroxyl groups is 1. The number of nitrogens with zero attached hydrogens (tertiary/aromatic N) is 3. The Balaban J connectivity index is 2.06. The summed E-state index contributed by atoms with van der Waals surface area (Å²) in [4.78, 5) is 0. The standard InChI is InChI=1S/C24H29N3O2/c1-3-5-6-7-8-14-19-24(29-4-2,23(28)20-15-10-9-11-16-20)27-22-18-13-12-17-21(22)25-26-27/h9-13,15-18,23,28H,3-8H2,1-2H3. The summed E-state index contributed by atoms with van der Waals surface area (Å²) in [7, 11) is 0. The molecular weight excluding hydrogens is 362 g/mol. The lowest BCUT2D eigenvalue weighted by Crippen LogP contribution is -2.42. The Morgan fingerprint density at radius 2 is 1.79 bits per heavy atom. The van der Waals surface area contributed by atoms with E-state index in [-0.39, 0.29) is 0 Å². The number of rotatable bonds is 9. The van der Waals surface area contributed by atoms with Crippen LogP contribution in [0.2, 0.25) is 0 Å². The van der Waals surface area contributed by atoms with Gasteiger partial charge < -0.3 is 9.84 Å². The monoisotopic (exact) mass is 391 g/mol. The first-order chi connectivity index (χ1) is 14.2. The van der Waals surface area contributed by atoms with Gasteiger partial charge in [-0.05, 0) is 37.0 Å². The lowest BCUT2D eigenvalue weighted by Gasteiger charge is -2.33. The fourth-order valence-electron chi connectivity index (χ4n) is 3.44. The summed E-state index contributed by atoms with van der Waals surface area (Å²) in [6.45, 7) is 4.47. The van der Waals surface area contributed by atoms with Crippen molar-refractivity contribution in [3.63, 3.8) is 0 Å². The fourth-order valence-corrected chi connectivity index (χ4v) is 3.44. The zero-order valence-electron chi connectivity index (χ0n) is 17.2. The third-order valence-corrected chi connectivity index (χ3v) is 4.94. The molecule has 0 saturated carbocycles. The van der Waals surface area contributed by atoms with Crippen molar-refractivity contribution in [1.82, 2.24) is 15.0 Å². The quantitative estimate of drug-likeness (QED) is 0.419. The molecule has 3 aromatic rings. The summed E-state index contributed by atoms with van der Waals surface area (Å²) in [5.41, 5.74) is 0.885. The van der Waals surface area contributed by atoms with Crippen LogP contribution in [0, 0.1) is 11.8 Å². The van der Waals surface area contributed by atoms with Crippen LogP contribution in [0.5, 0.6) is 0 Å². The van der Waals surface area contributed by atoms with Crippen LogP contribution in [0.25, 0.3) is 11.0 Å². The van der Waals surface area contributed by atoms with Crippen molar-refractivity contribution in [1.29, 1.82) is 0 Å². The van der Waals surface area contributed by atoms with Gasteiger partial charge in [-0.25, -0.2) is 0 Å². The maximum Gasteiger partial charge on any atom is 0.256 e. The molecule has 152 valence electrons. The maximum atomic E-state index is 11.4. The Kier molecular flexibility index (Phi) is 7.40. The highest BCUT2D eigenvalue weighted by atomic mass is 16.5. The maximum absolute atomic E-state index is 11.4. The number of unbranched alkanes of at least 4 members (excludes halogenated alkanes) is 4. The van der Waals surface area contributed by atoms with E-state index in [4.69, 9.17) is 4.74 Å². The molecular formula is C24H29N3O2. The van der Waals surface area contributed by atoms with Gasteiger partial charge in [-0.2, -0.15) is 4.68 Å². The first kappa shape index (κ1) is 21.0. The van der Waals surface area contributed by atoms with Gasteiger partial charge in [0.05, 0.1) is 5.52 Å². The zero-order valence-corrected chi connectivity index (χ0v) is 17.2. The number of fused-ring (bicyclic) bond motifs is 1. The number of ether oxygens (including phenoxy) is 1. The third-order valence-electron chi connectivity index (χ3n) is 4.94. The second kappa shape index (κ2) is 10.2. The van der Waals surface area contributed by atoms with Crippen molar-refractivity contribution in [2.75, 3.05) is 6.61 Å². The van der Waals surface area contributed by atoms with Crippen LogP contribution in [0.4, 0.5) is 0 Å². The van der Waals surface area contributed by atoms with Crippen LogP contribution < -0.4 is 0 Å². The summed E-state index contributed by atoms with van der Waals surface area (Å²) >= 11 is 0. The van der Waals surface area contributed by atoms with Gasteiger partial charge in [-0.1, -0.05) is 79.8 Å². The first-order valence-electron chi connectivity index (χ1n) is 10.4. The van der Waals surface area contributed by atoms with E-state index in [9.17, 15) is 5.11 Å². The summed E-state index contributed by atoms with van der Waals surface area (Å²) in [5, 5.41) is 20.0. The van der Waals surface area contributed by atoms with Crippen molar-refractivity contribution >= 4 is 11.0 Å². The van der Waals surface area contributed by atoms with Crippen LogP contribution >= 0.6 is 0 Å². The summed E-state index contributed by atoms with van der Waals surface area (Å²) in [6, 6.07) is 17.1. The Morgan fingerprint density at radius 1 is 1.03 bits per heavy atom. The molecule has 2 unspecified atom stereocenters. The van der Waals surface area contributed by atoms with Crippen LogP contribution in [-0.2, 0) is 10.5 Å². The average molecular weight is 392 g/mol. The van der Waals surface area contributed by atoms with Gasteiger partial charge in [0.25, 0.3) is 5.72 Å². The van der Waals surface area contributed by atoms with Crippen LogP contribution in [0.15, 0.2) is 54.6 Å². The zero-order chi connectivity index (χ0) is 20.5. The average Bonchev–Trinajstić information content (AvgIpc) is 3.20. The molecule has 0 aliphatic heterocycles. The molecule has 0 fully saturated rings. The smallest absolute Gasteiger partial charge is 0.256 e. The number of hydrogen-bond donors (Lipinski definition) is 1. The minimum Gasteiger partial charge on any atom is -0.382 e. The van der Waals surface area contributed by atoms with Gasteiger partial charge >= 0.3 is 0 Å². The van der Waals surface area contributed by atoms with E-state index >= 15 is 0 Å². The summed E-state index contributed by atoms with van der Waals surface area (Å²) in [5.74, 6) is 6.49. The van der Waals surface area contributed by atoms with Gasteiger partial charge in [0.1, 0.15) is 11.6 Å². The molecule has 0 aliphatic rings. The highest BCUT2D eigenvalue weighted by Gasteiger charge is 2.42. The molecule has 0 bridgehead atoms. The Hall–Kier alpha value is -2.68. The van der Waals surface area contributed by atoms with E-state index in [0.29, 0.717) is 6.61 Å². The van der Waals surface area contributed by atoms with Gasteiger partial charge in [-0.3, -0.25) is 0 Å². The van der Waals surface area contributed by atoms with Gasteiger partial charge in [0.2, 0.25) is 0 Å². The Labute approximate surface area is 172 Å². The van der Waals surface area contributed by atoms with E-state index in [1.165, 1.54) is 12.8 Å². The summed E-state index contributed by atoms with van der Waals surface area (Å²) < 4.78 is 7.79. The van der Waals surface area contributed by atoms with Gasteiger partial charge in [0, 0.05) is 13.0 Å². The molecule has 1 heterocycles. The molecule has 5 heteroatoms. The normalized spacial score (nSPS) is 14.2. The number of aliphatic hydroxyl groups excluding tert-OH is 1. The minimum absolute atomic E-state index is 0.378. The van der Waals surface area contributed by atoms with Crippen LogP contribution in [0.1, 0.15) is 57.6 Å². The number of para-hydroxylation sites is 1. The van der Waals surface area contributed by atoms with Gasteiger partial charge in [0.15, 0.2) is 0 Å². The SMILES string of the molecule is CCCCCCC#CC(OCC)(C(O)c1ccccc1)n1nnc2ccccc21. The molecule has 3 rings (SSSR count). The molecule has 2 aromatic carbocycles. The molecule has 0 amide bonds. The lowest BCUT2D eigenvalue weighted by molar-refractivity contribution is -0.141. The van der Waals surface area contributed by atoms with Crippen molar-refractivity contribution in [3.05, 3.63) is 60.2 Å². The van der Waals surface area contributed by atoms with Crippen molar-refractivity contribution in [3.8, 4) is 11.8 Å². The molecule has 0 radical (unpaired) electrons. The molecule has 0 spiro atoms. The number of hydrogen-bond acceptors (Lipinski definition) is 4. The Bertz CT molecular complexity index is 958. The van der Waals surface area contributed by atoms with Crippen LogP contribution in [0.3, 0.4) is 0 Å². The molecule has 29 heavy (non-hydrogen) atoms. The van der Waals surface area contributed by atoms with Gasteiger partial charge in [-0.15, -0.1) is 5.10 Å². The number of aromatic nitrogens is 3. The van der Waals surface area contributed by atoms with Crippen molar-refractivity contribution in [2.24, 2.45) is 0 Å². The highest BCUT2D eigenvalue weighted by Crippen LogP contribution is 2.35. The van der Waals surface area contributed by atoms with E-state index in [1.807, 2.05) is 61.5 Å². The molecule has 2 atom stereocenters. The largest absolute Gasteiger partial charge is 0.382 e. The molecule has 0 aliphatic carbocycles. The van der Waals surface area contributed by atoms with E-state index in [0.717, 1.165) is 35.9 Å². The van der Waals surface area contributed by atoms with E-state index in [2.05, 4.69) is 29.1 Å². The molecule has 1 N–H and O–H groups in total. The molecule has 5 nitrogen and oxygen atoms in total. The fraction of sp³-hybridized carbons (Fsp3) is 0.417. The third kappa shape index (κ3) is 4.67. The lowest BCUT2D eigenvalue weighted by atomic mass is 9.98. The first-order valence-corrected chi connectivity index (χ1v) is 10.4. The molecule has 0 saturated heterocycles. The van der Waals surface area contributed by atoms with Crippen molar-refractivity contribution in [2.45, 2.75) is 57.8 Å². The minimum atomic E-state index is -1.35. The van der Waals surface area contributed by atoms with E-state index in [1.54, 1.807) is 4.68 Å². The molecule has 1 aromatic heterocycles. The highest BCUT2D eigenvalue weighted by molar-refractivity contribution is 5.74. The number of benzene rings is 2. The second-order valence-electron chi connectivity index (χ2n) is 7.05. The predicted octanol–water partition coefficient (Wildman–Crippen LogP) is 4.83.